The summed E-state index contributed by atoms with van der Waals surface area (Å²) in [5.41, 5.74) is 0.411. The molecule has 0 spiro atoms. The fourth-order valence-corrected chi connectivity index (χ4v) is 1.77. The smallest absolute Gasteiger partial charge is 0.0537 e. The molecule has 0 bridgehead atoms. The van der Waals surface area contributed by atoms with Gasteiger partial charge in [-0.15, -0.1) is 0 Å². The Bertz CT molecular complexity index is 117. The van der Waals surface area contributed by atoms with Crippen LogP contribution >= 0.6 is 0 Å². The fraction of sp³-hybridized carbons (Fsp3) is 1.00. The van der Waals surface area contributed by atoms with Gasteiger partial charge in [0, 0.05) is 18.6 Å². The van der Waals surface area contributed by atoms with E-state index in [1.807, 2.05) is 7.05 Å². The van der Waals surface area contributed by atoms with Crippen LogP contribution in [0, 0.1) is 11.3 Å². The molecule has 1 fully saturated rings. The van der Waals surface area contributed by atoms with E-state index in [1.165, 1.54) is 6.42 Å². The summed E-state index contributed by atoms with van der Waals surface area (Å²) in [6.07, 6.45) is 1.21. The number of hydrogen-bond donors (Lipinski definition) is 1. The molecule has 2 nitrogen and oxygen atoms in total. The lowest BCUT2D eigenvalue weighted by Crippen LogP contribution is -2.37. The zero-order valence-electron chi connectivity index (χ0n) is 7.81. The third-order valence-corrected chi connectivity index (χ3v) is 2.89. The lowest BCUT2D eigenvalue weighted by molar-refractivity contribution is 0.120. The van der Waals surface area contributed by atoms with E-state index < -0.39 is 0 Å². The van der Waals surface area contributed by atoms with Crippen LogP contribution in [0.25, 0.3) is 0 Å². The molecule has 0 aromatic carbocycles. The molecule has 66 valence electrons. The molecule has 1 N–H and O–H groups in total. The summed E-state index contributed by atoms with van der Waals surface area (Å²) in [6, 6.07) is 0. The van der Waals surface area contributed by atoms with Gasteiger partial charge in [0.2, 0.25) is 0 Å². The first kappa shape index (κ1) is 9.01. The summed E-state index contributed by atoms with van der Waals surface area (Å²) in [5, 5.41) is 3.25. The largest absolute Gasteiger partial charge is 0.381 e. The van der Waals surface area contributed by atoms with Crippen molar-refractivity contribution in [1.29, 1.82) is 0 Å². The van der Waals surface area contributed by atoms with Gasteiger partial charge in [0.25, 0.3) is 0 Å². The van der Waals surface area contributed by atoms with E-state index in [0.717, 1.165) is 25.7 Å². The molecule has 1 heterocycles. The van der Waals surface area contributed by atoms with E-state index in [2.05, 4.69) is 19.2 Å². The highest BCUT2D eigenvalue weighted by molar-refractivity contribution is 4.87. The van der Waals surface area contributed by atoms with Crippen LogP contribution in [-0.4, -0.2) is 26.8 Å². The van der Waals surface area contributed by atoms with Crippen LogP contribution in [-0.2, 0) is 4.74 Å². The summed E-state index contributed by atoms with van der Waals surface area (Å²) < 4.78 is 5.43. The van der Waals surface area contributed by atoms with E-state index in [-0.39, 0.29) is 0 Å². The van der Waals surface area contributed by atoms with Crippen LogP contribution in [0.15, 0.2) is 0 Å². The first-order valence-corrected chi connectivity index (χ1v) is 4.43. The molecule has 0 aliphatic carbocycles. The quantitative estimate of drug-likeness (QED) is 0.666. The standard InChI is InChI=1S/C9H19NO/c1-8(2)9(6-10-3)4-5-11-7-9/h8,10H,4-7H2,1-3H3. The predicted molar refractivity (Wildman–Crippen MR) is 46.6 cm³/mol. The van der Waals surface area contributed by atoms with Crippen molar-refractivity contribution in [2.24, 2.45) is 11.3 Å². The molecule has 0 aromatic rings. The topological polar surface area (TPSA) is 21.3 Å². The molecule has 1 saturated heterocycles. The van der Waals surface area contributed by atoms with E-state index >= 15 is 0 Å². The van der Waals surface area contributed by atoms with Crippen molar-refractivity contribution in [2.75, 3.05) is 26.8 Å². The van der Waals surface area contributed by atoms with Gasteiger partial charge in [0.15, 0.2) is 0 Å². The second kappa shape index (κ2) is 3.55. The Balaban J connectivity index is 2.55. The van der Waals surface area contributed by atoms with Crippen molar-refractivity contribution >= 4 is 0 Å². The molecule has 0 aromatic heterocycles. The Labute approximate surface area is 69.3 Å². The maximum Gasteiger partial charge on any atom is 0.0537 e. The Morgan fingerprint density at radius 1 is 1.55 bits per heavy atom. The van der Waals surface area contributed by atoms with Crippen molar-refractivity contribution < 1.29 is 4.74 Å². The SMILES string of the molecule is CNCC1(C(C)C)CCOC1. The van der Waals surface area contributed by atoms with E-state index in [9.17, 15) is 0 Å². The fourth-order valence-electron chi connectivity index (χ4n) is 1.77. The van der Waals surface area contributed by atoms with Gasteiger partial charge in [0.05, 0.1) is 6.61 Å². The van der Waals surface area contributed by atoms with Gasteiger partial charge in [0.1, 0.15) is 0 Å². The highest BCUT2D eigenvalue weighted by Crippen LogP contribution is 2.35. The third-order valence-electron chi connectivity index (χ3n) is 2.89. The van der Waals surface area contributed by atoms with Gasteiger partial charge >= 0.3 is 0 Å². The number of nitrogens with one attached hydrogen (secondary N) is 1. The number of hydrogen-bond acceptors (Lipinski definition) is 2. The highest BCUT2D eigenvalue weighted by atomic mass is 16.5. The zero-order chi connectivity index (χ0) is 8.32. The van der Waals surface area contributed by atoms with Crippen LogP contribution in [0.2, 0.25) is 0 Å². The predicted octanol–water partition coefficient (Wildman–Crippen LogP) is 1.27. The third kappa shape index (κ3) is 1.74. The molecule has 11 heavy (non-hydrogen) atoms. The summed E-state index contributed by atoms with van der Waals surface area (Å²) in [5.74, 6) is 0.720. The van der Waals surface area contributed by atoms with Crippen molar-refractivity contribution in [3.05, 3.63) is 0 Å². The minimum atomic E-state index is 0.411. The molecule has 1 unspecified atom stereocenters. The minimum Gasteiger partial charge on any atom is -0.381 e. The van der Waals surface area contributed by atoms with Crippen molar-refractivity contribution in [2.45, 2.75) is 20.3 Å². The molecule has 1 aliphatic heterocycles. The Morgan fingerprint density at radius 2 is 2.27 bits per heavy atom. The highest BCUT2D eigenvalue weighted by Gasteiger charge is 2.36. The van der Waals surface area contributed by atoms with Gasteiger partial charge in [-0.2, -0.15) is 0 Å². The lowest BCUT2D eigenvalue weighted by Gasteiger charge is -2.31. The maximum absolute atomic E-state index is 5.43. The van der Waals surface area contributed by atoms with Crippen molar-refractivity contribution in [3.8, 4) is 0 Å². The van der Waals surface area contributed by atoms with Crippen molar-refractivity contribution in [3.63, 3.8) is 0 Å². The van der Waals surface area contributed by atoms with Crippen LogP contribution in [0.3, 0.4) is 0 Å². The molecule has 0 amide bonds. The average molecular weight is 157 g/mol. The lowest BCUT2D eigenvalue weighted by atomic mass is 9.76. The molecule has 1 aliphatic rings. The Hall–Kier alpha value is -0.0800. The van der Waals surface area contributed by atoms with Crippen LogP contribution in [0.4, 0.5) is 0 Å². The van der Waals surface area contributed by atoms with Crippen LogP contribution in [0.1, 0.15) is 20.3 Å². The Morgan fingerprint density at radius 3 is 2.64 bits per heavy atom. The minimum absolute atomic E-state index is 0.411. The second-order valence-corrected chi connectivity index (χ2v) is 3.85. The van der Waals surface area contributed by atoms with Gasteiger partial charge in [-0.05, 0) is 19.4 Å². The number of rotatable bonds is 3. The first-order chi connectivity index (χ1) is 5.21. The van der Waals surface area contributed by atoms with E-state index in [1.54, 1.807) is 0 Å². The first-order valence-electron chi connectivity index (χ1n) is 4.43. The molecule has 1 atom stereocenters. The molecular weight excluding hydrogens is 138 g/mol. The zero-order valence-corrected chi connectivity index (χ0v) is 7.81. The normalized spacial score (nSPS) is 31.6. The van der Waals surface area contributed by atoms with Crippen LogP contribution in [0.5, 0.6) is 0 Å². The molecule has 1 rings (SSSR count). The van der Waals surface area contributed by atoms with Crippen LogP contribution < -0.4 is 5.32 Å². The summed E-state index contributed by atoms with van der Waals surface area (Å²) in [6.45, 7) is 7.54. The molecule has 0 radical (unpaired) electrons. The van der Waals surface area contributed by atoms with Gasteiger partial charge in [-0.3, -0.25) is 0 Å². The van der Waals surface area contributed by atoms with Gasteiger partial charge < -0.3 is 10.1 Å². The van der Waals surface area contributed by atoms with Crippen molar-refractivity contribution in [1.82, 2.24) is 5.32 Å². The molecule has 0 saturated carbocycles. The van der Waals surface area contributed by atoms with E-state index in [0.29, 0.717) is 5.41 Å². The molecule has 2 heteroatoms. The second-order valence-electron chi connectivity index (χ2n) is 3.85. The molecular formula is C9H19NO. The summed E-state index contributed by atoms with van der Waals surface area (Å²) in [7, 11) is 2.02. The average Bonchev–Trinajstić information content (AvgIpc) is 2.38. The van der Waals surface area contributed by atoms with Gasteiger partial charge in [-0.1, -0.05) is 13.8 Å². The maximum atomic E-state index is 5.43. The summed E-state index contributed by atoms with van der Waals surface area (Å²) in [4.78, 5) is 0. The Kier molecular flexibility index (Phi) is 2.90. The monoisotopic (exact) mass is 157 g/mol. The van der Waals surface area contributed by atoms with E-state index in [4.69, 9.17) is 4.74 Å². The summed E-state index contributed by atoms with van der Waals surface area (Å²) >= 11 is 0. The van der Waals surface area contributed by atoms with Gasteiger partial charge in [-0.25, -0.2) is 0 Å². The number of ether oxygens (including phenoxy) is 1.